The minimum Gasteiger partial charge on any atom is -0.465 e. The number of rotatable bonds is 6. The smallest absolute Gasteiger partial charge is 0.408 e. The summed E-state index contributed by atoms with van der Waals surface area (Å²) in [6, 6.07) is 3.29. The van der Waals surface area contributed by atoms with Gasteiger partial charge in [0.2, 0.25) is 11.8 Å². The number of hydrogen-bond donors (Lipinski definition) is 3. The van der Waals surface area contributed by atoms with E-state index in [9.17, 15) is 19.5 Å². The van der Waals surface area contributed by atoms with E-state index in [0.717, 1.165) is 24.1 Å². The highest BCUT2D eigenvalue weighted by atomic mass is 35.5. The molecular formula is C26H33Cl2N5O4. The lowest BCUT2D eigenvalue weighted by molar-refractivity contribution is -0.143. The third-order valence-corrected chi connectivity index (χ3v) is 7.88. The Morgan fingerprint density at radius 3 is 2.68 bits per heavy atom. The molecule has 9 nitrogen and oxygen atoms in total. The van der Waals surface area contributed by atoms with Crippen LogP contribution < -0.4 is 5.32 Å². The van der Waals surface area contributed by atoms with Gasteiger partial charge in [-0.2, -0.15) is 5.10 Å². The number of carboxylic acid groups (broad SMARTS) is 1. The molecule has 3 N–H and O–H groups in total. The van der Waals surface area contributed by atoms with Crippen molar-refractivity contribution in [2.24, 2.45) is 0 Å². The van der Waals surface area contributed by atoms with Gasteiger partial charge in [-0.15, -0.1) is 0 Å². The van der Waals surface area contributed by atoms with Gasteiger partial charge in [0.15, 0.2) is 0 Å². The fourth-order valence-corrected chi connectivity index (χ4v) is 5.72. The monoisotopic (exact) mass is 549 g/mol. The molecule has 0 spiro atoms. The largest absolute Gasteiger partial charge is 0.465 e. The zero-order valence-corrected chi connectivity index (χ0v) is 22.8. The van der Waals surface area contributed by atoms with Crippen molar-refractivity contribution in [2.75, 3.05) is 6.54 Å². The van der Waals surface area contributed by atoms with Crippen molar-refractivity contribution in [2.45, 2.75) is 83.0 Å². The van der Waals surface area contributed by atoms with Gasteiger partial charge in [-0.05, 0) is 76.1 Å². The van der Waals surface area contributed by atoms with Crippen LogP contribution in [-0.4, -0.2) is 73.2 Å². The van der Waals surface area contributed by atoms with Crippen LogP contribution in [-0.2, 0) is 28.9 Å². The van der Waals surface area contributed by atoms with Crippen molar-refractivity contribution in [3.63, 3.8) is 0 Å². The third-order valence-electron chi connectivity index (χ3n) is 7.14. The maximum Gasteiger partial charge on any atom is 0.408 e. The topological polar surface area (TPSA) is 119 Å². The van der Waals surface area contributed by atoms with Crippen molar-refractivity contribution in [3.05, 3.63) is 51.3 Å². The highest BCUT2D eigenvalue weighted by molar-refractivity contribution is 6.42. The Morgan fingerprint density at radius 2 is 2.00 bits per heavy atom. The first-order valence-electron chi connectivity index (χ1n) is 12.5. The maximum atomic E-state index is 14.0. The first-order chi connectivity index (χ1) is 17.5. The second-order valence-electron chi connectivity index (χ2n) is 10.8. The second-order valence-corrected chi connectivity index (χ2v) is 11.6. The summed E-state index contributed by atoms with van der Waals surface area (Å²) < 4.78 is 0. The van der Waals surface area contributed by atoms with Crippen molar-refractivity contribution in [1.82, 2.24) is 25.3 Å². The molecule has 2 aliphatic rings. The van der Waals surface area contributed by atoms with Gasteiger partial charge in [-0.25, -0.2) is 4.79 Å². The number of nitrogens with zero attached hydrogens (tertiary/aromatic N) is 3. The summed E-state index contributed by atoms with van der Waals surface area (Å²) >= 11 is 12.3. The number of aryl methyl sites for hydroxylation is 1. The standard InChI is InChI=1S/C26H33Cl2N5O4/c1-26(2,3)33(25(36)37)22(12-15-6-8-18(27)19(28)11-15)24(35)32-10-4-5-21(32)23(34)30-17-7-9-20-16(13-17)14-29-31-20/h6,8,11,14,17,21-22H,4-5,7,9-10,12-13H2,1-3H3,(H,29,31)(H,30,34)(H,36,37)/t17?,21-,22+/m0/s1. The van der Waals surface area contributed by atoms with Crippen LogP contribution in [0.2, 0.25) is 10.0 Å². The van der Waals surface area contributed by atoms with E-state index in [0.29, 0.717) is 41.4 Å². The minimum absolute atomic E-state index is 0.0350. The quantitative estimate of drug-likeness (QED) is 0.501. The summed E-state index contributed by atoms with van der Waals surface area (Å²) in [4.78, 5) is 42.5. The van der Waals surface area contributed by atoms with Crippen molar-refractivity contribution < 1.29 is 19.5 Å². The normalized spacial score (nSPS) is 20.3. The number of H-pyrrole nitrogens is 1. The van der Waals surface area contributed by atoms with Gasteiger partial charge >= 0.3 is 6.09 Å². The molecule has 0 saturated carbocycles. The molecule has 0 bridgehead atoms. The zero-order valence-electron chi connectivity index (χ0n) is 21.3. The predicted molar refractivity (Wildman–Crippen MR) is 141 cm³/mol. The van der Waals surface area contributed by atoms with Crippen LogP contribution in [0.25, 0.3) is 0 Å². The SMILES string of the molecule is CC(C)(C)N(C(=O)O)[C@H](Cc1ccc(Cl)c(Cl)c1)C(=O)N1CCC[C@H]1C(=O)NC1CCc2[nH]ncc2C1. The number of aromatic amines is 1. The Balaban J connectivity index is 1.56. The lowest BCUT2D eigenvalue weighted by Gasteiger charge is -2.41. The number of hydrogen-bond acceptors (Lipinski definition) is 4. The lowest BCUT2D eigenvalue weighted by Crippen LogP contribution is -2.60. The second kappa shape index (κ2) is 10.9. The van der Waals surface area contributed by atoms with E-state index in [4.69, 9.17) is 23.2 Å². The van der Waals surface area contributed by atoms with Gasteiger partial charge in [0, 0.05) is 30.2 Å². The molecule has 0 radical (unpaired) electrons. The molecule has 1 aromatic carbocycles. The van der Waals surface area contributed by atoms with Crippen LogP contribution in [0.1, 0.15) is 56.9 Å². The Kier molecular flexibility index (Phi) is 8.04. The summed E-state index contributed by atoms with van der Waals surface area (Å²) in [6.45, 7) is 5.63. The Labute approximate surface area is 226 Å². The van der Waals surface area contributed by atoms with E-state index in [1.807, 2.05) is 0 Å². The van der Waals surface area contributed by atoms with Crippen LogP contribution in [0.4, 0.5) is 4.79 Å². The maximum absolute atomic E-state index is 14.0. The minimum atomic E-state index is -1.20. The van der Waals surface area contributed by atoms with Gasteiger partial charge in [-0.3, -0.25) is 19.6 Å². The lowest BCUT2D eigenvalue weighted by atomic mass is 9.93. The molecule has 3 amide bonds. The average Bonchev–Trinajstić information content (AvgIpc) is 3.48. The molecule has 11 heteroatoms. The number of fused-ring (bicyclic) bond motifs is 1. The number of carbonyl (C=O) groups excluding carboxylic acids is 2. The van der Waals surface area contributed by atoms with Gasteiger partial charge in [0.05, 0.1) is 16.2 Å². The van der Waals surface area contributed by atoms with Crippen LogP contribution in [0, 0.1) is 0 Å². The number of benzene rings is 1. The molecule has 3 atom stereocenters. The van der Waals surface area contributed by atoms with E-state index in [1.165, 1.54) is 4.90 Å². The number of amides is 3. The zero-order chi connectivity index (χ0) is 26.9. The summed E-state index contributed by atoms with van der Waals surface area (Å²) in [5.41, 5.74) is 2.02. The molecule has 200 valence electrons. The molecular weight excluding hydrogens is 517 g/mol. The number of nitrogens with one attached hydrogen (secondary N) is 2. The molecule has 1 aromatic heterocycles. The van der Waals surface area contributed by atoms with Gasteiger partial charge < -0.3 is 15.3 Å². The van der Waals surface area contributed by atoms with Crippen molar-refractivity contribution >= 4 is 41.1 Å². The average molecular weight is 550 g/mol. The van der Waals surface area contributed by atoms with Crippen LogP contribution in [0.5, 0.6) is 0 Å². The third kappa shape index (κ3) is 6.04. The van der Waals surface area contributed by atoms with Crippen LogP contribution >= 0.6 is 23.2 Å². The van der Waals surface area contributed by atoms with Crippen LogP contribution in [0.3, 0.4) is 0 Å². The molecule has 2 aromatic rings. The molecule has 37 heavy (non-hydrogen) atoms. The van der Waals surface area contributed by atoms with Crippen LogP contribution in [0.15, 0.2) is 24.4 Å². The summed E-state index contributed by atoms with van der Waals surface area (Å²) in [7, 11) is 0. The fourth-order valence-electron chi connectivity index (χ4n) is 5.40. The van der Waals surface area contributed by atoms with Crippen molar-refractivity contribution in [1.29, 1.82) is 0 Å². The molecule has 1 aliphatic heterocycles. The summed E-state index contributed by atoms with van der Waals surface area (Å²) in [5.74, 6) is -0.587. The highest BCUT2D eigenvalue weighted by Gasteiger charge is 2.44. The number of aromatic nitrogens is 2. The number of halogens is 2. The van der Waals surface area contributed by atoms with E-state index in [-0.39, 0.29) is 24.3 Å². The van der Waals surface area contributed by atoms with E-state index >= 15 is 0 Å². The highest BCUT2D eigenvalue weighted by Crippen LogP contribution is 2.29. The predicted octanol–water partition coefficient (Wildman–Crippen LogP) is 4.07. The number of carbonyl (C=O) groups is 3. The van der Waals surface area contributed by atoms with Gasteiger partial charge in [0.25, 0.3) is 0 Å². The van der Waals surface area contributed by atoms with Gasteiger partial charge in [0.1, 0.15) is 12.1 Å². The molecule has 1 aliphatic carbocycles. The summed E-state index contributed by atoms with van der Waals surface area (Å²) in [5, 5.41) is 21.0. The molecule has 1 fully saturated rings. The Bertz CT molecular complexity index is 1180. The molecule has 2 heterocycles. The van der Waals surface area contributed by atoms with E-state index in [1.54, 1.807) is 50.1 Å². The Morgan fingerprint density at radius 1 is 1.24 bits per heavy atom. The van der Waals surface area contributed by atoms with Gasteiger partial charge in [-0.1, -0.05) is 29.3 Å². The summed E-state index contributed by atoms with van der Waals surface area (Å²) in [6.07, 6.45) is 4.18. The van der Waals surface area contributed by atoms with E-state index < -0.39 is 23.7 Å². The molecule has 1 unspecified atom stereocenters. The van der Waals surface area contributed by atoms with Crippen molar-refractivity contribution in [3.8, 4) is 0 Å². The first-order valence-corrected chi connectivity index (χ1v) is 13.3. The number of likely N-dealkylation sites (tertiary alicyclic amines) is 1. The Hall–Kier alpha value is -2.78. The molecule has 1 saturated heterocycles. The van der Waals surface area contributed by atoms with E-state index in [2.05, 4.69) is 15.5 Å². The first kappa shape index (κ1) is 27.3. The molecule has 4 rings (SSSR count). The fraction of sp³-hybridized carbons (Fsp3) is 0.538.